The molecule has 0 spiro atoms. The molecule has 5 heteroatoms. The van der Waals surface area contributed by atoms with E-state index in [9.17, 15) is 14.3 Å². The van der Waals surface area contributed by atoms with E-state index >= 15 is 0 Å². The summed E-state index contributed by atoms with van der Waals surface area (Å²) in [4.78, 5) is 12.9. The van der Waals surface area contributed by atoms with Gasteiger partial charge in [-0.3, -0.25) is 4.79 Å². The fourth-order valence-electron chi connectivity index (χ4n) is 1.57. The first-order valence-electron chi connectivity index (χ1n) is 5.40. The number of thiophene rings is 1. The van der Waals surface area contributed by atoms with Crippen molar-refractivity contribution >= 4 is 17.2 Å². The van der Waals surface area contributed by atoms with Crippen LogP contribution in [0.1, 0.15) is 28.2 Å². The van der Waals surface area contributed by atoms with E-state index in [0.29, 0.717) is 0 Å². The van der Waals surface area contributed by atoms with Crippen LogP contribution in [-0.2, 0) is 0 Å². The summed E-state index contributed by atoms with van der Waals surface area (Å²) in [5, 5.41) is 14.1. The third kappa shape index (κ3) is 2.68. The SMILES string of the molecule is CC(NC(=O)c1cc(F)ccc1O)c1cccs1. The molecule has 0 radical (unpaired) electrons. The number of benzene rings is 1. The van der Waals surface area contributed by atoms with Crippen molar-refractivity contribution < 1.29 is 14.3 Å². The lowest BCUT2D eigenvalue weighted by molar-refractivity contribution is 0.0937. The van der Waals surface area contributed by atoms with Crippen LogP contribution in [0.15, 0.2) is 35.7 Å². The zero-order valence-corrected chi connectivity index (χ0v) is 10.5. The molecule has 0 saturated heterocycles. The first-order valence-corrected chi connectivity index (χ1v) is 6.28. The number of hydrogen-bond donors (Lipinski definition) is 2. The lowest BCUT2D eigenvalue weighted by Gasteiger charge is -2.12. The highest BCUT2D eigenvalue weighted by molar-refractivity contribution is 7.10. The third-order valence-electron chi connectivity index (χ3n) is 2.52. The van der Waals surface area contributed by atoms with Crippen molar-refractivity contribution in [1.82, 2.24) is 5.32 Å². The second-order valence-electron chi connectivity index (χ2n) is 3.87. The molecule has 0 aliphatic rings. The van der Waals surface area contributed by atoms with Gasteiger partial charge in [0.2, 0.25) is 0 Å². The minimum Gasteiger partial charge on any atom is -0.507 e. The van der Waals surface area contributed by atoms with Crippen LogP contribution in [0.2, 0.25) is 0 Å². The minimum atomic E-state index is -0.554. The Labute approximate surface area is 108 Å². The molecule has 2 N–H and O–H groups in total. The Balaban J connectivity index is 2.15. The van der Waals surface area contributed by atoms with Gasteiger partial charge in [-0.2, -0.15) is 0 Å². The summed E-state index contributed by atoms with van der Waals surface area (Å²) in [6, 6.07) is 6.91. The molecule has 0 bridgehead atoms. The summed E-state index contributed by atoms with van der Waals surface area (Å²) in [5.41, 5.74) is -0.0570. The third-order valence-corrected chi connectivity index (χ3v) is 3.58. The van der Waals surface area contributed by atoms with Gasteiger partial charge in [0.25, 0.3) is 5.91 Å². The lowest BCUT2D eigenvalue weighted by atomic mass is 10.1. The molecular weight excluding hydrogens is 253 g/mol. The quantitative estimate of drug-likeness (QED) is 0.896. The molecule has 2 aromatic rings. The second-order valence-corrected chi connectivity index (χ2v) is 4.85. The molecule has 0 aliphatic carbocycles. The highest BCUT2D eigenvalue weighted by Crippen LogP contribution is 2.21. The van der Waals surface area contributed by atoms with Gasteiger partial charge < -0.3 is 10.4 Å². The average Bonchev–Trinajstić information content (AvgIpc) is 2.85. The van der Waals surface area contributed by atoms with E-state index in [2.05, 4.69) is 5.32 Å². The highest BCUT2D eigenvalue weighted by atomic mass is 32.1. The summed E-state index contributed by atoms with van der Waals surface area (Å²) in [5.74, 6) is -1.28. The first-order chi connectivity index (χ1) is 8.58. The normalized spacial score (nSPS) is 12.1. The van der Waals surface area contributed by atoms with Gasteiger partial charge in [0.05, 0.1) is 11.6 Å². The van der Waals surface area contributed by atoms with Crippen LogP contribution < -0.4 is 5.32 Å². The molecular formula is C13H12FNO2S. The molecule has 3 nitrogen and oxygen atoms in total. The number of hydrogen-bond acceptors (Lipinski definition) is 3. The Bertz CT molecular complexity index is 554. The van der Waals surface area contributed by atoms with Crippen LogP contribution in [0.3, 0.4) is 0 Å². The van der Waals surface area contributed by atoms with Crippen LogP contribution in [-0.4, -0.2) is 11.0 Å². The number of aromatic hydroxyl groups is 1. The van der Waals surface area contributed by atoms with Crippen molar-refractivity contribution in [1.29, 1.82) is 0 Å². The van der Waals surface area contributed by atoms with Crippen molar-refractivity contribution in [2.75, 3.05) is 0 Å². The van der Waals surface area contributed by atoms with Crippen molar-refractivity contribution in [3.8, 4) is 5.75 Å². The van der Waals surface area contributed by atoms with Gasteiger partial charge in [0.1, 0.15) is 11.6 Å². The summed E-state index contributed by atoms with van der Waals surface area (Å²) in [6.07, 6.45) is 0. The Morgan fingerprint density at radius 3 is 2.89 bits per heavy atom. The molecule has 94 valence electrons. The number of rotatable bonds is 3. The topological polar surface area (TPSA) is 49.3 Å². The van der Waals surface area contributed by atoms with Gasteiger partial charge in [0, 0.05) is 4.88 Å². The number of phenols is 1. The molecule has 0 fully saturated rings. The fourth-order valence-corrected chi connectivity index (χ4v) is 2.31. The monoisotopic (exact) mass is 265 g/mol. The molecule has 18 heavy (non-hydrogen) atoms. The standard InChI is InChI=1S/C13H12FNO2S/c1-8(12-3-2-6-18-12)15-13(17)10-7-9(14)4-5-11(10)16/h2-8,16H,1H3,(H,15,17). The van der Waals surface area contributed by atoms with Crippen molar-refractivity contribution in [2.24, 2.45) is 0 Å². The van der Waals surface area contributed by atoms with E-state index < -0.39 is 11.7 Å². The highest BCUT2D eigenvalue weighted by Gasteiger charge is 2.15. The number of phenolic OH excluding ortho intramolecular Hbond substituents is 1. The molecule has 1 heterocycles. The summed E-state index contributed by atoms with van der Waals surface area (Å²) >= 11 is 1.52. The number of amides is 1. The van der Waals surface area contributed by atoms with Crippen molar-refractivity contribution in [2.45, 2.75) is 13.0 Å². The van der Waals surface area contributed by atoms with Gasteiger partial charge in [-0.15, -0.1) is 11.3 Å². The molecule has 2 rings (SSSR count). The Morgan fingerprint density at radius 1 is 1.44 bits per heavy atom. The lowest BCUT2D eigenvalue weighted by Crippen LogP contribution is -2.26. The Kier molecular flexibility index (Phi) is 3.62. The Morgan fingerprint density at radius 2 is 2.22 bits per heavy atom. The molecule has 1 amide bonds. The van der Waals surface area contributed by atoms with Crippen LogP contribution in [0.4, 0.5) is 4.39 Å². The fraction of sp³-hybridized carbons (Fsp3) is 0.154. The van der Waals surface area contributed by atoms with E-state index in [-0.39, 0.29) is 17.4 Å². The van der Waals surface area contributed by atoms with Gasteiger partial charge in [0.15, 0.2) is 0 Å². The van der Waals surface area contributed by atoms with Crippen molar-refractivity contribution in [3.05, 3.63) is 52.0 Å². The Hall–Kier alpha value is -1.88. The molecule has 0 aliphatic heterocycles. The van der Waals surface area contributed by atoms with Gasteiger partial charge >= 0.3 is 0 Å². The van der Waals surface area contributed by atoms with Crippen LogP contribution >= 0.6 is 11.3 Å². The number of carbonyl (C=O) groups excluding carboxylic acids is 1. The molecule has 0 saturated carbocycles. The van der Waals surface area contributed by atoms with Gasteiger partial charge in [-0.25, -0.2) is 4.39 Å². The minimum absolute atomic E-state index is 0.0570. The first kappa shape index (κ1) is 12.6. The largest absolute Gasteiger partial charge is 0.507 e. The summed E-state index contributed by atoms with van der Waals surface area (Å²) in [6.45, 7) is 1.83. The van der Waals surface area contributed by atoms with Crippen LogP contribution in [0.5, 0.6) is 5.75 Å². The molecule has 1 atom stereocenters. The maximum Gasteiger partial charge on any atom is 0.255 e. The van der Waals surface area contributed by atoms with E-state index in [1.54, 1.807) is 0 Å². The maximum absolute atomic E-state index is 13.0. The van der Waals surface area contributed by atoms with Gasteiger partial charge in [-0.1, -0.05) is 6.07 Å². The average molecular weight is 265 g/mol. The molecule has 1 unspecified atom stereocenters. The van der Waals surface area contributed by atoms with E-state index in [1.807, 2.05) is 24.4 Å². The van der Waals surface area contributed by atoms with E-state index in [0.717, 1.165) is 17.0 Å². The molecule has 1 aromatic heterocycles. The summed E-state index contributed by atoms with van der Waals surface area (Å²) < 4.78 is 13.0. The smallest absolute Gasteiger partial charge is 0.255 e. The number of halogens is 1. The molecule has 1 aromatic carbocycles. The summed E-state index contributed by atoms with van der Waals surface area (Å²) in [7, 11) is 0. The van der Waals surface area contributed by atoms with Crippen LogP contribution in [0, 0.1) is 5.82 Å². The van der Waals surface area contributed by atoms with Gasteiger partial charge in [-0.05, 0) is 36.6 Å². The number of nitrogens with one attached hydrogen (secondary N) is 1. The number of carbonyl (C=O) groups is 1. The van der Waals surface area contributed by atoms with E-state index in [1.165, 1.54) is 17.4 Å². The predicted molar refractivity (Wildman–Crippen MR) is 68.3 cm³/mol. The zero-order valence-electron chi connectivity index (χ0n) is 9.68. The van der Waals surface area contributed by atoms with Crippen LogP contribution in [0.25, 0.3) is 0 Å². The maximum atomic E-state index is 13.0. The second kappa shape index (κ2) is 5.18. The van der Waals surface area contributed by atoms with E-state index in [4.69, 9.17) is 0 Å². The van der Waals surface area contributed by atoms with Crippen molar-refractivity contribution in [3.63, 3.8) is 0 Å². The predicted octanol–water partition coefficient (Wildman–Crippen LogP) is 3.08. The zero-order chi connectivity index (χ0) is 13.1.